The molecular formula is C18H22N2O4. The van der Waals surface area contributed by atoms with Gasteiger partial charge in [-0.05, 0) is 18.6 Å². The molecule has 2 aromatic carbocycles. The number of nitrogens with one attached hydrogen (secondary N) is 1. The fourth-order valence-electron chi connectivity index (χ4n) is 3.49. The molecule has 1 saturated heterocycles. The van der Waals surface area contributed by atoms with Crippen molar-refractivity contribution in [2.75, 3.05) is 5.73 Å². The number of hydrogen-bond acceptors (Lipinski definition) is 5. The van der Waals surface area contributed by atoms with Crippen molar-refractivity contribution >= 4 is 5.69 Å². The summed E-state index contributed by atoms with van der Waals surface area (Å²) in [5, 5.41) is 31.5. The highest BCUT2D eigenvalue weighted by molar-refractivity contribution is 5.48. The number of benzene rings is 2. The Morgan fingerprint density at radius 2 is 1.79 bits per heavy atom. The third-order valence-corrected chi connectivity index (χ3v) is 4.55. The molecule has 5 atom stereocenters. The topological polar surface area (TPSA) is 103 Å². The van der Waals surface area contributed by atoms with Crippen molar-refractivity contribution in [3.05, 3.63) is 70.9 Å². The van der Waals surface area contributed by atoms with Crippen molar-refractivity contribution in [1.29, 1.82) is 0 Å². The van der Waals surface area contributed by atoms with E-state index in [0.717, 1.165) is 5.56 Å². The quantitative estimate of drug-likeness (QED) is 0.503. The van der Waals surface area contributed by atoms with Gasteiger partial charge in [0.1, 0.15) is 6.10 Å². The maximum Gasteiger partial charge on any atom is 0.164 e. The lowest BCUT2D eigenvalue weighted by atomic mass is 9.79. The normalized spacial score (nSPS) is 31.6. The number of anilines is 1. The first-order valence-electron chi connectivity index (χ1n) is 7.91. The molecule has 0 aromatic heterocycles. The zero-order valence-electron chi connectivity index (χ0n) is 13.4. The van der Waals surface area contributed by atoms with Gasteiger partial charge in [-0.1, -0.05) is 48.5 Å². The van der Waals surface area contributed by atoms with Crippen LogP contribution in [0.4, 0.5) is 5.69 Å². The molecule has 3 rings (SSSR count). The fourth-order valence-corrected chi connectivity index (χ4v) is 3.49. The zero-order valence-corrected chi connectivity index (χ0v) is 13.4. The molecule has 0 saturated carbocycles. The number of aliphatic hydroxyl groups is 1. The van der Waals surface area contributed by atoms with Crippen LogP contribution in [0.3, 0.4) is 0 Å². The molecule has 1 fully saturated rings. The van der Waals surface area contributed by atoms with Crippen LogP contribution >= 0.6 is 0 Å². The third-order valence-electron chi connectivity index (χ3n) is 4.55. The summed E-state index contributed by atoms with van der Waals surface area (Å²) >= 11 is 0. The van der Waals surface area contributed by atoms with Crippen LogP contribution in [0.2, 0.25) is 0 Å². The van der Waals surface area contributed by atoms with Gasteiger partial charge in [0, 0.05) is 23.6 Å². The number of quaternary nitrogens is 1. The van der Waals surface area contributed by atoms with Crippen LogP contribution in [0.5, 0.6) is 0 Å². The van der Waals surface area contributed by atoms with E-state index in [1.54, 1.807) is 31.2 Å². The van der Waals surface area contributed by atoms with Gasteiger partial charge in [0.2, 0.25) is 0 Å². The van der Waals surface area contributed by atoms with Crippen LogP contribution in [0, 0.1) is 5.21 Å². The smallest absolute Gasteiger partial charge is 0.164 e. The molecule has 6 heteroatoms. The second-order valence-electron chi connectivity index (χ2n) is 6.43. The lowest BCUT2D eigenvalue weighted by Gasteiger charge is -2.46. The SMILES string of the molecule is C[C@]1(O)C[C@@H](c2ccccc2)[C@H]([NH+]([O-])O)[C@@H](c2ccccc2N)O1. The van der Waals surface area contributed by atoms with Crippen LogP contribution < -0.4 is 11.0 Å². The van der Waals surface area contributed by atoms with Gasteiger partial charge in [-0.25, -0.2) is 10.4 Å². The highest BCUT2D eigenvalue weighted by Gasteiger charge is 2.49. The van der Waals surface area contributed by atoms with Gasteiger partial charge in [-0.3, -0.25) is 0 Å². The molecule has 5 N–H and O–H groups in total. The Bertz CT molecular complexity index is 690. The molecule has 1 aliphatic heterocycles. The largest absolute Gasteiger partial charge is 0.600 e. The van der Waals surface area contributed by atoms with E-state index in [0.29, 0.717) is 11.3 Å². The lowest BCUT2D eigenvalue weighted by Crippen LogP contribution is -3.10. The molecule has 0 spiro atoms. The minimum absolute atomic E-state index is 0.206. The number of nitrogen functional groups attached to an aromatic ring is 1. The first-order chi connectivity index (χ1) is 11.4. The Balaban J connectivity index is 2.08. The summed E-state index contributed by atoms with van der Waals surface area (Å²) in [7, 11) is 0. The molecule has 128 valence electrons. The van der Waals surface area contributed by atoms with Gasteiger partial charge < -0.3 is 20.8 Å². The molecule has 2 aromatic rings. The van der Waals surface area contributed by atoms with E-state index in [4.69, 9.17) is 10.5 Å². The Labute approximate surface area is 140 Å². The predicted octanol–water partition coefficient (Wildman–Crippen LogP) is 1.36. The van der Waals surface area contributed by atoms with E-state index in [2.05, 4.69) is 0 Å². The Morgan fingerprint density at radius 1 is 1.17 bits per heavy atom. The van der Waals surface area contributed by atoms with Crippen molar-refractivity contribution in [2.45, 2.75) is 37.2 Å². The summed E-state index contributed by atoms with van der Waals surface area (Å²) in [6.07, 6.45) is -0.616. The first kappa shape index (κ1) is 16.9. The first-order valence-corrected chi connectivity index (χ1v) is 7.91. The van der Waals surface area contributed by atoms with Gasteiger partial charge in [0.25, 0.3) is 0 Å². The molecule has 0 bridgehead atoms. The van der Waals surface area contributed by atoms with E-state index in [-0.39, 0.29) is 12.3 Å². The second kappa shape index (κ2) is 6.51. The standard InChI is InChI=1S/C18H22N2O4/c1-18(21)11-14(12-7-3-2-4-8-12)16(20(22)23)17(24-18)13-9-5-6-10-15(13)19/h2-10,14,16-17,20-22H,11,19H2,1H3/t14-,16-,17+,18+/m0/s1. The molecule has 6 nitrogen and oxygen atoms in total. The Hall–Kier alpha value is -1.96. The molecule has 1 aliphatic rings. The molecule has 0 radical (unpaired) electrons. The summed E-state index contributed by atoms with van der Waals surface area (Å²) in [4.78, 5) is 0. The molecule has 0 amide bonds. The summed E-state index contributed by atoms with van der Waals surface area (Å²) in [6.45, 7) is 1.56. The number of hydroxylamine groups is 2. The summed E-state index contributed by atoms with van der Waals surface area (Å²) in [5.74, 6) is -1.81. The minimum Gasteiger partial charge on any atom is -0.600 e. The highest BCUT2D eigenvalue weighted by atomic mass is 16.8. The zero-order chi connectivity index (χ0) is 17.3. The molecule has 1 unspecified atom stereocenters. The maximum atomic E-state index is 12.0. The van der Waals surface area contributed by atoms with Crippen LogP contribution in [0.25, 0.3) is 0 Å². The summed E-state index contributed by atoms with van der Waals surface area (Å²) < 4.78 is 5.76. The predicted molar refractivity (Wildman–Crippen MR) is 89.0 cm³/mol. The third kappa shape index (κ3) is 3.28. The van der Waals surface area contributed by atoms with Crippen molar-refractivity contribution in [3.63, 3.8) is 0 Å². The number of para-hydroxylation sites is 1. The average Bonchev–Trinajstić information content (AvgIpc) is 2.54. The van der Waals surface area contributed by atoms with E-state index in [1.165, 1.54) is 0 Å². The van der Waals surface area contributed by atoms with Crippen molar-refractivity contribution < 1.29 is 20.3 Å². The van der Waals surface area contributed by atoms with Crippen LogP contribution in [0.15, 0.2) is 54.6 Å². The monoisotopic (exact) mass is 330 g/mol. The second-order valence-corrected chi connectivity index (χ2v) is 6.43. The van der Waals surface area contributed by atoms with Crippen molar-refractivity contribution in [1.82, 2.24) is 0 Å². The number of hydrogen-bond donors (Lipinski definition) is 4. The molecule has 0 aliphatic carbocycles. The van der Waals surface area contributed by atoms with Gasteiger partial charge in [0.15, 0.2) is 11.8 Å². The number of nitrogens with two attached hydrogens (primary N) is 1. The van der Waals surface area contributed by atoms with Gasteiger partial charge >= 0.3 is 0 Å². The van der Waals surface area contributed by atoms with Gasteiger partial charge in [0.05, 0.1) is 0 Å². The number of rotatable bonds is 3. The lowest BCUT2D eigenvalue weighted by molar-refractivity contribution is -1.07. The Kier molecular flexibility index (Phi) is 4.58. The maximum absolute atomic E-state index is 12.0. The van der Waals surface area contributed by atoms with Gasteiger partial charge in [-0.15, -0.1) is 0 Å². The van der Waals surface area contributed by atoms with E-state index in [9.17, 15) is 15.5 Å². The summed E-state index contributed by atoms with van der Waals surface area (Å²) in [6, 6.07) is 15.6. The summed E-state index contributed by atoms with van der Waals surface area (Å²) in [5.41, 5.74) is 7.95. The van der Waals surface area contributed by atoms with Crippen LogP contribution in [0.1, 0.15) is 36.5 Å². The molecular weight excluding hydrogens is 308 g/mol. The highest BCUT2D eigenvalue weighted by Crippen LogP contribution is 2.44. The van der Waals surface area contributed by atoms with Crippen molar-refractivity contribution in [3.8, 4) is 0 Å². The van der Waals surface area contributed by atoms with E-state index in [1.807, 2.05) is 30.3 Å². The van der Waals surface area contributed by atoms with E-state index < -0.39 is 23.2 Å². The van der Waals surface area contributed by atoms with Gasteiger partial charge in [-0.2, -0.15) is 0 Å². The van der Waals surface area contributed by atoms with Crippen LogP contribution in [-0.4, -0.2) is 22.1 Å². The average molecular weight is 330 g/mol. The Morgan fingerprint density at radius 3 is 2.42 bits per heavy atom. The van der Waals surface area contributed by atoms with Crippen molar-refractivity contribution in [2.24, 2.45) is 0 Å². The van der Waals surface area contributed by atoms with E-state index >= 15 is 0 Å². The van der Waals surface area contributed by atoms with Crippen LogP contribution in [-0.2, 0) is 4.74 Å². The molecule has 1 heterocycles. The molecule has 24 heavy (non-hydrogen) atoms. The number of ether oxygens (including phenoxy) is 1. The minimum atomic E-state index is -1.43. The fraction of sp³-hybridized carbons (Fsp3) is 0.333.